The Morgan fingerprint density at radius 1 is 0.955 bits per heavy atom. The fourth-order valence-corrected chi connectivity index (χ4v) is 3.10. The van der Waals surface area contributed by atoms with Gasteiger partial charge in [0.2, 0.25) is 0 Å². The molecule has 1 aliphatic rings. The van der Waals surface area contributed by atoms with Gasteiger partial charge in [-0.2, -0.15) is 0 Å². The number of aromatic carboxylic acids is 1. The number of hydrogen-bond acceptors (Lipinski definition) is 2. The first kappa shape index (κ1) is 14.8. The zero-order valence-corrected chi connectivity index (χ0v) is 12.7. The molecule has 0 aromatic heterocycles. The van der Waals surface area contributed by atoms with Gasteiger partial charge in [0, 0.05) is 13.1 Å². The van der Waals surface area contributed by atoms with Gasteiger partial charge in [-0.3, -0.25) is 4.90 Å². The molecule has 0 spiro atoms. The molecule has 114 valence electrons. The summed E-state index contributed by atoms with van der Waals surface area (Å²) in [5.41, 5.74) is 4.49. The fourth-order valence-electron chi connectivity index (χ4n) is 3.10. The normalized spacial score (nSPS) is 15.6. The maximum Gasteiger partial charge on any atom is 0.335 e. The number of hydrogen-bond donors (Lipinski definition) is 1. The van der Waals surface area contributed by atoms with Crippen LogP contribution in [0.1, 0.15) is 33.5 Å². The molecule has 1 aliphatic heterocycles. The summed E-state index contributed by atoms with van der Waals surface area (Å²) in [5.74, 6) is -0.866. The van der Waals surface area contributed by atoms with Gasteiger partial charge in [-0.15, -0.1) is 0 Å². The van der Waals surface area contributed by atoms with Crippen LogP contribution in [0.4, 0.5) is 0 Å². The van der Waals surface area contributed by atoms with Crippen LogP contribution in [0.25, 0.3) is 0 Å². The van der Waals surface area contributed by atoms with Crippen molar-refractivity contribution in [3.63, 3.8) is 0 Å². The number of fused-ring (bicyclic) bond motifs is 1. The Morgan fingerprint density at radius 3 is 2.32 bits per heavy atom. The van der Waals surface area contributed by atoms with E-state index in [0.717, 1.165) is 32.5 Å². The van der Waals surface area contributed by atoms with E-state index in [1.807, 2.05) is 12.1 Å². The van der Waals surface area contributed by atoms with Crippen LogP contribution in [0.2, 0.25) is 0 Å². The third-order valence-corrected chi connectivity index (χ3v) is 4.34. The summed E-state index contributed by atoms with van der Waals surface area (Å²) in [4.78, 5) is 13.4. The summed E-state index contributed by atoms with van der Waals surface area (Å²) in [6.07, 6.45) is 3.40. The molecule has 0 amide bonds. The Labute approximate surface area is 131 Å². The van der Waals surface area contributed by atoms with Crippen molar-refractivity contribution in [2.24, 2.45) is 0 Å². The molecule has 0 saturated carbocycles. The highest BCUT2D eigenvalue weighted by Crippen LogP contribution is 2.17. The molecule has 0 bridgehead atoms. The van der Waals surface area contributed by atoms with Crippen molar-refractivity contribution in [1.29, 1.82) is 0 Å². The number of carboxylic acids is 1. The zero-order chi connectivity index (χ0) is 15.4. The predicted molar refractivity (Wildman–Crippen MR) is 87.1 cm³/mol. The Hall–Kier alpha value is -2.13. The largest absolute Gasteiger partial charge is 0.478 e. The molecule has 0 atom stereocenters. The van der Waals surface area contributed by atoms with Gasteiger partial charge in [-0.1, -0.05) is 36.4 Å². The van der Waals surface area contributed by atoms with Gasteiger partial charge in [0.05, 0.1) is 5.56 Å². The second-order valence-corrected chi connectivity index (χ2v) is 5.90. The van der Waals surface area contributed by atoms with Crippen LogP contribution in [0.5, 0.6) is 0 Å². The Kier molecular flexibility index (Phi) is 4.54. The highest BCUT2D eigenvalue weighted by molar-refractivity contribution is 5.87. The van der Waals surface area contributed by atoms with Crippen LogP contribution in [0, 0.1) is 0 Å². The number of benzene rings is 2. The van der Waals surface area contributed by atoms with E-state index in [1.54, 1.807) is 12.1 Å². The fraction of sp³-hybridized carbons (Fsp3) is 0.316. The minimum atomic E-state index is -0.866. The molecule has 0 unspecified atom stereocenters. The van der Waals surface area contributed by atoms with E-state index >= 15 is 0 Å². The molecule has 2 aromatic rings. The lowest BCUT2D eigenvalue weighted by molar-refractivity contribution is 0.0697. The number of rotatable bonds is 3. The molecular weight excluding hydrogens is 274 g/mol. The minimum absolute atomic E-state index is 0.352. The van der Waals surface area contributed by atoms with Crippen molar-refractivity contribution in [2.45, 2.75) is 25.8 Å². The summed E-state index contributed by atoms with van der Waals surface area (Å²) in [6, 6.07) is 16.0. The van der Waals surface area contributed by atoms with Crippen LogP contribution in [0.15, 0.2) is 48.5 Å². The first-order valence-corrected chi connectivity index (χ1v) is 7.84. The van der Waals surface area contributed by atoms with E-state index in [-0.39, 0.29) is 0 Å². The molecule has 3 heteroatoms. The number of carboxylic acid groups (broad SMARTS) is 1. The Morgan fingerprint density at radius 2 is 1.64 bits per heavy atom. The van der Waals surface area contributed by atoms with Crippen molar-refractivity contribution in [1.82, 2.24) is 4.90 Å². The van der Waals surface area contributed by atoms with Gasteiger partial charge in [-0.25, -0.2) is 4.79 Å². The lowest BCUT2D eigenvalue weighted by atomic mass is 9.98. The zero-order valence-electron chi connectivity index (χ0n) is 12.7. The quantitative estimate of drug-likeness (QED) is 0.943. The van der Waals surface area contributed by atoms with E-state index in [4.69, 9.17) is 5.11 Å². The van der Waals surface area contributed by atoms with Crippen molar-refractivity contribution in [2.75, 3.05) is 13.1 Å². The van der Waals surface area contributed by atoms with E-state index in [0.29, 0.717) is 5.56 Å². The Balaban J connectivity index is 1.65. The van der Waals surface area contributed by atoms with Gasteiger partial charge in [-0.05, 0) is 54.6 Å². The summed E-state index contributed by atoms with van der Waals surface area (Å²) in [5, 5.41) is 8.95. The van der Waals surface area contributed by atoms with Crippen molar-refractivity contribution in [3.8, 4) is 0 Å². The maximum atomic E-state index is 10.9. The van der Waals surface area contributed by atoms with Crippen molar-refractivity contribution >= 4 is 5.97 Å². The molecular formula is C19H21NO2. The molecule has 0 fully saturated rings. The molecule has 3 rings (SSSR count). The summed E-state index contributed by atoms with van der Waals surface area (Å²) in [6.45, 7) is 3.04. The molecule has 0 radical (unpaired) electrons. The van der Waals surface area contributed by atoms with Gasteiger partial charge in [0.1, 0.15) is 0 Å². The lowest BCUT2D eigenvalue weighted by Gasteiger charge is -2.25. The molecule has 22 heavy (non-hydrogen) atoms. The molecule has 1 N–H and O–H groups in total. The van der Waals surface area contributed by atoms with Gasteiger partial charge >= 0.3 is 5.97 Å². The molecule has 3 nitrogen and oxygen atoms in total. The summed E-state index contributed by atoms with van der Waals surface area (Å²) >= 11 is 0. The van der Waals surface area contributed by atoms with Gasteiger partial charge < -0.3 is 5.11 Å². The van der Waals surface area contributed by atoms with E-state index < -0.39 is 5.97 Å². The number of carbonyl (C=O) groups is 1. The van der Waals surface area contributed by atoms with Crippen LogP contribution in [-0.2, 0) is 19.4 Å². The summed E-state index contributed by atoms with van der Waals surface area (Å²) in [7, 11) is 0. The van der Waals surface area contributed by atoms with Gasteiger partial charge in [0.15, 0.2) is 0 Å². The number of aryl methyl sites for hydroxylation is 1. The topological polar surface area (TPSA) is 40.5 Å². The average Bonchev–Trinajstić information content (AvgIpc) is 2.51. The van der Waals surface area contributed by atoms with Crippen LogP contribution < -0.4 is 0 Å². The first-order valence-electron chi connectivity index (χ1n) is 7.84. The van der Waals surface area contributed by atoms with Crippen molar-refractivity contribution in [3.05, 3.63) is 70.8 Å². The second kappa shape index (κ2) is 6.75. The minimum Gasteiger partial charge on any atom is -0.478 e. The maximum absolute atomic E-state index is 10.9. The van der Waals surface area contributed by atoms with Crippen molar-refractivity contribution < 1.29 is 9.90 Å². The monoisotopic (exact) mass is 295 g/mol. The standard InChI is InChI=1S/C19H21NO2/c21-19(22)18-9-7-15(8-10-18)14-20-12-3-6-16-4-1-2-5-17(16)11-13-20/h1-2,4-5,7-10H,3,6,11-14H2,(H,21,22). The molecule has 0 aliphatic carbocycles. The summed E-state index contributed by atoms with van der Waals surface area (Å²) < 4.78 is 0. The first-order chi connectivity index (χ1) is 10.7. The van der Waals surface area contributed by atoms with Gasteiger partial charge in [0.25, 0.3) is 0 Å². The Bertz CT molecular complexity index is 649. The second-order valence-electron chi connectivity index (χ2n) is 5.90. The average molecular weight is 295 g/mol. The van der Waals surface area contributed by atoms with E-state index in [2.05, 4.69) is 29.2 Å². The van der Waals surface area contributed by atoms with Crippen LogP contribution in [0.3, 0.4) is 0 Å². The molecule has 1 heterocycles. The van der Waals surface area contributed by atoms with Crippen LogP contribution >= 0.6 is 0 Å². The van der Waals surface area contributed by atoms with E-state index in [9.17, 15) is 4.79 Å². The number of nitrogens with zero attached hydrogens (tertiary/aromatic N) is 1. The SMILES string of the molecule is O=C(O)c1ccc(CN2CCCc3ccccc3CC2)cc1. The predicted octanol–water partition coefficient (Wildman–Crippen LogP) is 3.38. The smallest absolute Gasteiger partial charge is 0.335 e. The van der Waals surface area contributed by atoms with Crippen LogP contribution in [-0.4, -0.2) is 29.1 Å². The molecule has 2 aromatic carbocycles. The lowest BCUT2D eigenvalue weighted by Crippen LogP contribution is -2.29. The third-order valence-electron chi connectivity index (χ3n) is 4.34. The van der Waals surface area contributed by atoms with E-state index in [1.165, 1.54) is 23.1 Å². The highest BCUT2D eigenvalue weighted by atomic mass is 16.4. The molecule has 0 saturated heterocycles. The highest BCUT2D eigenvalue weighted by Gasteiger charge is 2.12. The third kappa shape index (κ3) is 3.55.